The molecule has 0 aliphatic carbocycles. The van der Waals surface area contributed by atoms with Gasteiger partial charge in [0.1, 0.15) is 5.78 Å². The highest BCUT2D eigenvalue weighted by Gasteiger charge is 2.22. The predicted molar refractivity (Wildman–Crippen MR) is 93.5 cm³/mol. The summed E-state index contributed by atoms with van der Waals surface area (Å²) >= 11 is 0. The van der Waals surface area contributed by atoms with Crippen molar-refractivity contribution in [2.24, 2.45) is 11.1 Å². The quantitative estimate of drug-likeness (QED) is 0.448. The second-order valence-corrected chi connectivity index (χ2v) is 7.65. The molecule has 1 unspecified atom stereocenters. The van der Waals surface area contributed by atoms with Gasteiger partial charge in [-0.25, -0.2) is 0 Å². The number of nitrogens with two attached hydrogens (primary N) is 1. The summed E-state index contributed by atoms with van der Waals surface area (Å²) in [6.45, 7) is 8.57. The molecule has 0 saturated heterocycles. The van der Waals surface area contributed by atoms with Gasteiger partial charge in [0.25, 0.3) is 0 Å². The first-order chi connectivity index (χ1) is 9.88. The minimum absolute atomic E-state index is 0.00637. The van der Waals surface area contributed by atoms with Crippen molar-refractivity contribution in [2.75, 3.05) is 0 Å². The maximum Gasteiger partial charge on any atom is 0.134 e. The molecule has 0 spiro atoms. The number of rotatable bonds is 13. The Hall–Kier alpha value is -0.370. The van der Waals surface area contributed by atoms with E-state index in [-0.39, 0.29) is 11.5 Å². The highest BCUT2D eigenvalue weighted by molar-refractivity contribution is 5.79. The summed E-state index contributed by atoms with van der Waals surface area (Å²) in [4.78, 5) is 11.9. The number of ketones is 1. The van der Waals surface area contributed by atoms with Crippen LogP contribution in [0.25, 0.3) is 0 Å². The van der Waals surface area contributed by atoms with Gasteiger partial charge in [0.2, 0.25) is 0 Å². The van der Waals surface area contributed by atoms with Crippen molar-refractivity contribution in [3.8, 4) is 0 Å². The zero-order valence-electron chi connectivity index (χ0n) is 15.0. The van der Waals surface area contributed by atoms with Crippen molar-refractivity contribution < 1.29 is 4.79 Å². The van der Waals surface area contributed by atoms with E-state index in [2.05, 4.69) is 27.7 Å². The van der Waals surface area contributed by atoms with Gasteiger partial charge in [-0.2, -0.15) is 0 Å². The van der Waals surface area contributed by atoms with Gasteiger partial charge in [-0.15, -0.1) is 0 Å². The maximum absolute atomic E-state index is 11.9. The molecule has 2 N–H and O–H groups in total. The van der Waals surface area contributed by atoms with Crippen molar-refractivity contribution in [1.82, 2.24) is 0 Å². The molecule has 0 heterocycles. The monoisotopic (exact) mass is 297 g/mol. The molecular weight excluding hydrogens is 258 g/mol. The van der Waals surface area contributed by atoms with Crippen LogP contribution in [0.3, 0.4) is 0 Å². The Kier molecular flexibility index (Phi) is 12.0. The van der Waals surface area contributed by atoms with Crippen LogP contribution in [-0.2, 0) is 4.79 Å². The fourth-order valence-corrected chi connectivity index (χ4v) is 2.46. The minimum atomic E-state index is -0.00637. The highest BCUT2D eigenvalue weighted by atomic mass is 16.1. The van der Waals surface area contributed by atoms with Crippen molar-refractivity contribution in [2.45, 2.75) is 111 Å². The van der Waals surface area contributed by atoms with E-state index in [1.807, 2.05) is 0 Å². The summed E-state index contributed by atoms with van der Waals surface area (Å²) in [5.41, 5.74) is 6.09. The number of carbonyl (C=O) groups is 1. The molecule has 0 aromatic carbocycles. The summed E-state index contributed by atoms with van der Waals surface area (Å²) < 4.78 is 0. The van der Waals surface area contributed by atoms with E-state index >= 15 is 0 Å². The Morgan fingerprint density at radius 3 is 1.71 bits per heavy atom. The molecule has 0 bridgehead atoms. The van der Waals surface area contributed by atoms with Gasteiger partial charge in [0.15, 0.2) is 0 Å². The second kappa shape index (κ2) is 12.2. The highest BCUT2D eigenvalue weighted by Crippen LogP contribution is 2.21. The molecule has 126 valence electrons. The Balaban J connectivity index is 3.37. The Labute approximate surface area is 133 Å². The molecule has 0 rings (SSSR count). The molecule has 0 aliphatic heterocycles. The van der Waals surface area contributed by atoms with E-state index in [9.17, 15) is 4.79 Å². The number of hydrogen-bond acceptors (Lipinski definition) is 2. The molecular formula is C19H39NO. The first-order valence-corrected chi connectivity index (χ1v) is 9.15. The zero-order valence-corrected chi connectivity index (χ0v) is 15.0. The van der Waals surface area contributed by atoms with Crippen LogP contribution in [0, 0.1) is 5.41 Å². The van der Waals surface area contributed by atoms with Gasteiger partial charge in [0, 0.05) is 18.9 Å². The van der Waals surface area contributed by atoms with Crippen LogP contribution in [0.2, 0.25) is 0 Å². The van der Waals surface area contributed by atoms with E-state index in [1.165, 1.54) is 57.8 Å². The Bertz CT molecular complexity index is 255. The minimum Gasteiger partial charge on any atom is -0.327 e. The average Bonchev–Trinajstić information content (AvgIpc) is 2.39. The van der Waals surface area contributed by atoms with E-state index in [0.29, 0.717) is 12.2 Å². The van der Waals surface area contributed by atoms with Crippen LogP contribution in [0.5, 0.6) is 0 Å². The molecule has 2 nitrogen and oxygen atoms in total. The summed E-state index contributed by atoms with van der Waals surface area (Å²) in [6, 6.07) is -0.00637. The standard InChI is InChI=1S/C19H39NO/c1-5-6-7-8-9-10-11-12-13-14-15-17(21)16-18(20)19(2,3)4/h18H,5-16,20H2,1-4H3. The second-order valence-electron chi connectivity index (χ2n) is 7.65. The lowest BCUT2D eigenvalue weighted by Gasteiger charge is -2.26. The van der Waals surface area contributed by atoms with Crippen LogP contribution in [0.15, 0.2) is 0 Å². The summed E-state index contributed by atoms with van der Waals surface area (Å²) in [5.74, 6) is 0.344. The third-order valence-corrected chi connectivity index (χ3v) is 4.37. The Morgan fingerprint density at radius 2 is 1.29 bits per heavy atom. The van der Waals surface area contributed by atoms with Crippen LogP contribution in [0.4, 0.5) is 0 Å². The molecule has 0 aromatic rings. The summed E-state index contributed by atoms with van der Waals surface area (Å²) in [5, 5.41) is 0. The zero-order chi connectivity index (χ0) is 16.1. The number of hydrogen-bond donors (Lipinski definition) is 1. The normalized spacial score (nSPS) is 13.4. The molecule has 0 radical (unpaired) electrons. The number of carbonyl (C=O) groups excluding carboxylic acids is 1. The van der Waals surface area contributed by atoms with E-state index in [0.717, 1.165) is 12.8 Å². The van der Waals surface area contributed by atoms with Crippen molar-refractivity contribution in [1.29, 1.82) is 0 Å². The van der Waals surface area contributed by atoms with E-state index in [4.69, 9.17) is 5.73 Å². The molecule has 0 aromatic heterocycles. The third-order valence-electron chi connectivity index (χ3n) is 4.37. The first kappa shape index (κ1) is 20.6. The maximum atomic E-state index is 11.9. The molecule has 2 heteroatoms. The lowest BCUT2D eigenvalue weighted by Crippen LogP contribution is -2.36. The lowest BCUT2D eigenvalue weighted by molar-refractivity contribution is -0.120. The van der Waals surface area contributed by atoms with Gasteiger partial charge in [0.05, 0.1) is 0 Å². The first-order valence-electron chi connectivity index (χ1n) is 9.15. The van der Waals surface area contributed by atoms with Gasteiger partial charge in [-0.05, 0) is 11.8 Å². The van der Waals surface area contributed by atoms with Gasteiger partial charge >= 0.3 is 0 Å². The molecule has 21 heavy (non-hydrogen) atoms. The molecule has 0 saturated carbocycles. The fraction of sp³-hybridized carbons (Fsp3) is 0.947. The topological polar surface area (TPSA) is 43.1 Å². The van der Waals surface area contributed by atoms with Crippen molar-refractivity contribution in [3.63, 3.8) is 0 Å². The predicted octanol–water partition coefficient (Wildman–Crippen LogP) is 5.63. The van der Waals surface area contributed by atoms with Crippen molar-refractivity contribution >= 4 is 5.78 Å². The van der Waals surface area contributed by atoms with E-state index < -0.39 is 0 Å². The fourth-order valence-electron chi connectivity index (χ4n) is 2.46. The SMILES string of the molecule is CCCCCCCCCCCCC(=O)CC(N)C(C)(C)C. The van der Waals surface area contributed by atoms with Crippen LogP contribution >= 0.6 is 0 Å². The number of unbranched alkanes of at least 4 members (excludes halogenated alkanes) is 9. The molecule has 0 fully saturated rings. The van der Waals surface area contributed by atoms with Crippen LogP contribution < -0.4 is 5.73 Å². The summed E-state index contributed by atoms with van der Waals surface area (Å²) in [6.07, 6.45) is 14.4. The van der Waals surface area contributed by atoms with E-state index in [1.54, 1.807) is 0 Å². The number of Topliss-reactive ketones (excluding diaryl/α,β-unsaturated/α-hetero) is 1. The smallest absolute Gasteiger partial charge is 0.134 e. The van der Waals surface area contributed by atoms with Crippen LogP contribution in [0.1, 0.15) is 105 Å². The van der Waals surface area contributed by atoms with Gasteiger partial charge < -0.3 is 5.73 Å². The third kappa shape index (κ3) is 13.0. The van der Waals surface area contributed by atoms with Gasteiger partial charge in [-0.1, -0.05) is 85.5 Å². The molecule has 1 atom stereocenters. The average molecular weight is 298 g/mol. The molecule has 0 amide bonds. The Morgan fingerprint density at radius 1 is 0.857 bits per heavy atom. The van der Waals surface area contributed by atoms with Crippen molar-refractivity contribution in [3.05, 3.63) is 0 Å². The molecule has 0 aliphatic rings. The largest absolute Gasteiger partial charge is 0.327 e. The summed E-state index contributed by atoms with van der Waals surface area (Å²) in [7, 11) is 0. The lowest BCUT2D eigenvalue weighted by atomic mass is 9.84. The van der Waals surface area contributed by atoms with Crippen LogP contribution in [-0.4, -0.2) is 11.8 Å². The van der Waals surface area contributed by atoms with Gasteiger partial charge in [-0.3, -0.25) is 4.79 Å².